The molecule has 2 atom stereocenters. The number of hydrogen-bond acceptors (Lipinski definition) is 4. The highest BCUT2D eigenvalue weighted by atomic mass is 35.5. The first-order valence-corrected chi connectivity index (χ1v) is 9.33. The van der Waals surface area contributed by atoms with E-state index in [1.807, 2.05) is 55.5 Å². The van der Waals surface area contributed by atoms with Crippen molar-refractivity contribution < 1.29 is 14.4 Å². The van der Waals surface area contributed by atoms with Gasteiger partial charge < -0.3 is 20.2 Å². The van der Waals surface area contributed by atoms with Gasteiger partial charge in [-0.2, -0.15) is 0 Å². The van der Waals surface area contributed by atoms with Crippen molar-refractivity contribution in [3.63, 3.8) is 0 Å². The fourth-order valence-corrected chi connectivity index (χ4v) is 3.64. The number of amides is 2. The number of nitrogens with one attached hydrogen (secondary N) is 2. The van der Waals surface area contributed by atoms with E-state index in [9.17, 15) is 4.79 Å². The lowest BCUT2D eigenvalue weighted by Crippen LogP contribution is -2.44. The Hall–Kier alpha value is -2.99. The molecule has 7 heteroatoms. The molecule has 0 bridgehead atoms. The lowest BCUT2D eigenvalue weighted by atomic mass is 9.89. The van der Waals surface area contributed by atoms with Crippen LogP contribution >= 0.6 is 11.6 Å². The Morgan fingerprint density at radius 3 is 2.46 bits per heavy atom. The maximum absolute atomic E-state index is 12.1. The van der Waals surface area contributed by atoms with E-state index >= 15 is 0 Å². The van der Waals surface area contributed by atoms with E-state index in [2.05, 4.69) is 15.8 Å². The fourth-order valence-electron chi connectivity index (χ4n) is 3.52. The van der Waals surface area contributed by atoms with Gasteiger partial charge in [0, 0.05) is 22.7 Å². The zero-order valence-electron chi connectivity index (χ0n) is 15.5. The van der Waals surface area contributed by atoms with Gasteiger partial charge in [0.2, 0.25) is 0 Å². The summed E-state index contributed by atoms with van der Waals surface area (Å²) in [5.41, 5.74) is 4.45. The Morgan fingerprint density at radius 1 is 1.11 bits per heavy atom. The van der Waals surface area contributed by atoms with Gasteiger partial charge in [0.05, 0.1) is 18.9 Å². The van der Waals surface area contributed by atoms with Crippen molar-refractivity contribution in [2.24, 2.45) is 5.16 Å². The van der Waals surface area contributed by atoms with Crippen LogP contribution in [0.4, 0.5) is 4.79 Å². The molecule has 0 saturated heterocycles. The summed E-state index contributed by atoms with van der Waals surface area (Å²) in [6, 6.07) is 14.6. The Kier molecular flexibility index (Phi) is 4.96. The lowest BCUT2D eigenvalue weighted by molar-refractivity contribution is 0.0857. The molecule has 28 heavy (non-hydrogen) atoms. The van der Waals surface area contributed by atoms with Crippen LogP contribution in [0.3, 0.4) is 0 Å². The number of rotatable bonds is 4. The normalized spacial score (nSPS) is 21.5. The molecule has 2 amide bonds. The second-order valence-electron chi connectivity index (χ2n) is 6.73. The van der Waals surface area contributed by atoms with Crippen molar-refractivity contribution in [2.75, 3.05) is 7.11 Å². The highest BCUT2D eigenvalue weighted by molar-refractivity contribution is 6.30. The van der Waals surface area contributed by atoms with Crippen LogP contribution < -0.4 is 15.4 Å². The van der Waals surface area contributed by atoms with E-state index in [0.29, 0.717) is 11.4 Å². The van der Waals surface area contributed by atoms with Crippen molar-refractivity contribution in [1.29, 1.82) is 0 Å². The van der Waals surface area contributed by atoms with E-state index in [4.69, 9.17) is 21.2 Å². The van der Waals surface area contributed by atoms with Gasteiger partial charge in [-0.05, 0) is 42.3 Å². The van der Waals surface area contributed by atoms with Gasteiger partial charge in [0.15, 0.2) is 6.10 Å². The largest absolute Gasteiger partial charge is 0.497 e. The quantitative estimate of drug-likeness (QED) is 0.798. The highest BCUT2D eigenvalue weighted by Gasteiger charge is 2.34. The summed E-state index contributed by atoms with van der Waals surface area (Å²) in [5.74, 6) is 0.760. The van der Waals surface area contributed by atoms with E-state index in [-0.39, 0.29) is 18.2 Å². The molecule has 0 saturated carbocycles. The summed E-state index contributed by atoms with van der Waals surface area (Å²) < 4.78 is 5.23. The van der Waals surface area contributed by atoms with Crippen LogP contribution in [-0.4, -0.2) is 18.9 Å². The minimum absolute atomic E-state index is 0.179. The van der Waals surface area contributed by atoms with Crippen LogP contribution in [0.1, 0.15) is 36.6 Å². The average Bonchev–Trinajstić information content (AvgIpc) is 3.17. The van der Waals surface area contributed by atoms with Crippen molar-refractivity contribution in [2.45, 2.75) is 25.5 Å². The van der Waals surface area contributed by atoms with Crippen LogP contribution in [0.25, 0.3) is 0 Å². The summed E-state index contributed by atoms with van der Waals surface area (Å²) in [7, 11) is 1.62. The Balaban J connectivity index is 1.62. The van der Waals surface area contributed by atoms with Crippen molar-refractivity contribution >= 4 is 23.3 Å². The molecule has 144 valence electrons. The Labute approximate surface area is 168 Å². The molecule has 0 spiro atoms. The molecule has 4 rings (SSSR count). The lowest BCUT2D eigenvalue weighted by Gasteiger charge is -2.29. The van der Waals surface area contributed by atoms with Crippen LogP contribution in [0, 0.1) is 0 Å². The number of carbonyl (C=O) groups is 1. The summed E-state index contributed by atoms with van der Waals surface area (Å²) in [6.07, 6.45) is 0.431. The van der Waals surface area contributed by atoms with Gasteiger partial charge in [0.25, 0.3) is 0 Å². The predicted molar refractivity (Wildman–Crippen MR) is 107 cm³/mol. The van der Waals surface area contributed by atoms with E-state index in [1.54, 1.807) is 7.11 Å². The Bertz CT molecular complexity index is 952. The molecule has 0 aromatic heterocycles. The van der Waals surface area contributed by atoms with Crippen LogP contribution in [-0.2, 0) is 4.84 Å². The number of methoxy groups -OCH3 is 1. The molecule has 2 aliphatic heterocycles. The number of hydrogen-bond donors (Lipinski definition) is 2. The molecular weight excluding hydrogens is 378 g/mol. The minimum Gasteiger partial charge on any atom is -0.497 e. The maximum Gasteiger partial charge on any atom is 0.319 e. The third-order valence-electron chi connectivity index (χ3n) is 4.94. The number of nitrogens with zero attached hydrogens (tertiary/aromatic N) is 1. The SMILES string of the molecule is COc1ccc(C2NC(=O)NC(C)=C2C2=NOC(c3ccc(Cl)cc3)C2)cc1. The van der Waals surface area contributed by atoms with Crippen molar-refractivity contribution in [3.8, 4) is 5.75 Å². The van der Waals surface area contributed by atoms with Gasteiger partial charge >= 0.3 is 6.03 Å². The van der Waals surface area contributed by atoms with E-state index in [1.165, 1.54) is 0 Å². The van der Waals surface area contributed by atoms with Crippen molar-refractivity contribution in [1.82, 2.24) is 10.6 Å². The zero-order chi connectivity index (χ0) is 19.7. The number of carbonyl (C=O) groups excluding carboxylic acids is 1. The van der Waals surface area contributed by atoms with Gasteiger partial charge in [-0.1, -0.05) is 41.0 Å². The summed E-state index contributed by atoms with van der Waals surface area (Å²) >= 11 is 5.98. The fraction of sp³-hybridized carbons (Fsp3) is 0.238. The number of benzene rings is 2. The summed E-state index contributed by atoms with van der Waals surface area (Å²) in [6.45, 7) is 1.88. The number of oxime groups is 1. The predicted octanol–water partition coefficient (Wildman–Crippen LogP) is 4.49. The molecular formula is C21H20ClN3O3. The number of ether oxygens (including phenoxy) is 1. The summed E-state index contributed by atoms with van der Waals surface area (Å²) in [4.78, 5) is 17.8. The molecule has 2 unspecified atom stereocenters. The van der Waals surface area contributed by atoms with Crippen LogP contribution in [0.5, 0.6) is 5.75 Å². The molecule has 2 aromatic carbocycles. The number of allylic oxidation sites excluding steroid dienone is 1. The van der Waals surface area contributed by atoms with Crippen molar-refractivity contribution in [3.05, 3.63) is 76.0 Å². The van der Waals surface area contributed by atoms with E-state index in [0.717, 1.165) is 33.9 Å². The summed E-state index contributed by atoms with van der Waals surface area (Å²) in [5, 5.41) is 10.8. The molecule has 0 radical (unpaired) electrons. The highest BCUT2D eigenvalue weighted by Crippen LogP contribution is 2.36. The molecule has 2 N–H and O–H groups in total. The zero-order valence-corrected chi connectivity index (χ0v) is 16.3. The minimum atomic E-state index is -0.314. The van der Waals surface area contributed by atoms with Gasteiger partial charge in [-0.25, -0.2) is 4.79 Å². The molecule has 0 aliphatic carbocycles. The standard InChI is InChI=1S/C21H20ClN3O3/c1-12-19(17-11-18(28-25-17)13-3-7-15(22)8-4-13)20(24-21(26)23-12)14-5-9-16(27-2)10-6-14/h3-10,18,20H,11H2,1-2H3,(H2,23,24,26). The van der Waals surface area contributed by atoms with Gasteiger partial charge in [-0.15, -0.1) is 0 Å². The second-order valence-corrected chi connectivity index (χ2v) is 7.17. The first kappa shape index (κ1) is 18.4. The molecule has 6 nitrogen and oxygen atoms in total. The van der Waals surface area contributed by atoms with Gasteiger partial charge in [-0.3, -0.25) is 0 Å². The first-order valence-electron chi connectivity index (χ1n) is 8.96. The third kappa shape index (κ3) is 3.55. The van der Waals surface area contributed by atoms with Crippen LogP contribution in [0.2, 0.25) is 5.02 Å². The number of halogens is 1. The average molecular weight is 398 g/mol. The molecule has 2 aromatic rings. The second kappa shape index (κ2) is 7.56. The smallest absolute Gasteiger partial charge is 0.319 e. The number of urea groups is 1. The monoisotopic (exact) mass is 397 g/mol. The molecule has 2 heterocycles. The first-order chi connectivity index (χ1) is 13.5. The Morgan fingerprint density at radius 2 is 1.79 bits per heavy atom. The maximum atomic E-state index is 12.1. The molecule has 2 aliphatic rings. The van der Waals surface area contributed by atoms with Gasteiger partial charge in [0.1, 0.15) is 5.75 Å². The van der Waals surface area contributed by atoms with E-state index < -0.39 is 0 Å². The van der Waals surface area contributed by atoms with Crippen LogP contribution in [0.15, 0.2) is 65.0 Å². The topological polar surface area (TPSA) is 72.0 Å². The molecule has 0 fully saturated rings. The third-order valence-corrected chi connectivity index (χ3v) is 5.19.